The summed E-state index contributed by atoms with van der Waals surface area (Å²) in [7, 11) is 0. The number of benzene rings is 2. The van der Waals surface area contributed by atoms with Gasteiger partial charge in [0.05, 0.1) is 6.04 Å². The van der Waals surface area contributed by atoms with Crippen LogP contribution in [-0.2, 0) is 4.79 Å². The number of rotatable bonds is 5. The second kappa shape index (κ2) is 7.04. The van der Waals surface area contributed by atoms with E-state index in [9.17, 15) is 4.79 Å². The molecule has 2 rings (SSSR count). The Morgan fingerprint density at radius 2 is 1.71 bits per heavy atom. The summed E-state index contributed by atoms with van der Waals surface area (Å²) >= 11 is 0. The van der Waals surface area contributed by atoms with Gasteiger partial charge in [0, 0.05) is 11.3 Å². The highest BCUT2D eigenvalue weighted by Crippen LogP contribution is 2.27. The lowest BCUT2D eigenvalue weighted by molar-refractivity contribution is -0.118. The molecule has 2 aromatic rings. The van der Waals surface area contributed by atoms with Gasteiger partial charge in [-0.05, 0) is 17.5 Å². The fourth-order valence-corrected chi connectivity index (χ4v) is 2.19. The zero-order valence-electron chi connectivity index (χ0n) is 12.5. The summed E-state index contributed by atoms with van der Waals surface area (Å²) in [6.07, 6.45) is 0.884. The minimum atomic E-state index is -0.487. The topological polar surface area (TPSA) is 55.1 Å². The number of nitrogens with one attached hydrogen (secondary N) is 1. The molecule has 0 aliphatic carbocycles. The van der Waals surface area contributed by atoms with Gasteiger partial charge in [-0.1, -0.05) is 68.8 Å². The van der Waals surface area contributed by atoms with Crippen molar-refractivity contribution in [2.24, 2.45) is 11.7 Å². The van der Waals surface area contributed by atoms with Crippen molar-refractivity contribution in [3.8, 4) is 11.1 Å². The second-order valence-corrected chi connectivity index (χ2v) is 5.31. The lowest BCUT2D eigenvalue weighted by atomic mass is 9.98. The van der Waals surface area contributed by atoms with E-state index in [0.717, 1.165) is 23.2 Å². The molecule has 3 heteroatoms. The Bertz CT molecular complexity index is 595. The highest BCUT2D eigenvalue weighted by atomic mass is 16.2. The van der Waals surface area contributed by atoms with E-state index < -0.39 is 6.04 Å². The molecule has 110 valence electrons. The van der Waals surface area contributed by atoms with Crippen molar-refractivity contribution in [1.82, 2.24) is 0 Å². The van der Waals surface area contributed by atoms with Crippen LogP contribution in [0.1, 0.15) is 20.3 Å². The number of para-hydroxylation sites is 1. The lowest BCUT2D eigenvalue weighted by Gasteiger charge is -2.19. The fraction of sp³-hybridized carbons (Fsp3) is 0.278. The largest absolute Gasteiger partial charge is 0.324 e. The van der Waals surface area contributed by atoms with Crippen LogP contribution in [0.25, 0.3) is 11.1 Å². The summed E-state index contributed by atoms with van der Waals surface area (Å²) in [5, 5.41) is 2.96. The van der Waals surface area contributed by atoms with Crippen molar-refractivity contribution in [3.05, 3.63) is 54.6 Å². The molecule has 3 N–H and O–H groups in total. The first-order valence-electron chi connectivity index (χ1n) is 7.34. The predicted octanol–water partition coefficient (Wildman–Crippen LogP) is 3.67. The highest BCUT2D eigenvalue weighted by Gasteiger charge is 2.20. The summed E-state index contributed by atoms with van der Waals surface area (Å²) < 4.78 is 0. The van der Waals surface area contributed by atoms with E-state index in [2.05, 4.69) is 5.32 Å². The molecule has 0 aliphatic heterocycles. The van der Waals surface area contributed by atoms with Crippen molar-refractivity contribution in [3.63, 3.8) is 0 Å². The van der Waals surface area contributed by atoms with Crippen LogP contribution in [0.15, 0.2) is 54.6 Å². The number of anilines is 1. The molecule has 21 heavy (non-hydrogen) atoms. The number of carbonyl (C=O) groups is 1. The summed E-state index contributed by atoms with van der Waals surface area (Å²) in [6, 6.07) is 17.3. The molecular weight excluding hydrogens is 260 g/mol. The van der Waals surface area contributed by atoms with Crippen molar-refractivity contribution in [2.75, 3.05) is 5.32 Å². The Hall–Kier alpha value is -2.13. The highest BCUT2D eigenvalue weighted by molar-refractivity contribution is 5.98. The molecule has 0 aromatic heterocycles. The van der Waals surface area contributed by atoms with Crippen LogP contribution in [-0.4, -0.2) is 11.9 Å². The normalized spacial score (nSPS) is 13.5. The van der Waals surface area contributed by atoms with Gasteiger partial charge in [0.1, 0.15) is 0 Å². The van der Waals surface area contributed by atoms with Gasteiger partial charge < -0.3 is 11.1 Å². The number of carbonyl (C=O) groups excluding carboxylic acids is 1. The third kappa shape index (κ3) is 3.70. The number of hydrogen-bond acceptors (Lipinski definition) is 2. The summed E-state index contributed by atoms with van der Waals surface area (Å²) in [4.78, 5) is 12.3. The first-order valence-corrected chi connectivity index (χ1v) is 7.34. The lowest BCUT2D eigenvalue weighted by Crippen LogP contribution is -2.40. The smallest absolute Gasteiger partial charge is 0.241 e. The SMILES string of the molecule is CCC(C)[C@H](N)C(=O)Nc1ccccc1-c1ccccc1. The standard InChI is InChI=1S/C18H22N2O/c1-3-13(2)17(19)18(21)20-16-12-8-7-11-15(16)14-9-5-4-6-10-14/h4-13,17H,3,19H2,1-2H3,(H,20,21)/t13?,17-/m0/s1. The second-order valence-electron chi connectivity index (χ2n) is 5.31. The van der Waals surface area contributed by atoms with Gasteiger partial charge in [-0.3, -0.25) is 4.79 Å². The number of nitrogens with two attached hydrogens (primary N) is 1. The van der Waals surface area contributed by atoms with Gasteiger partial charge in [0.2, 0.25) is 5.91 Å². The van der Waals surface area contributed by atoms with Gasteiger partial charge in [0.25, 0.3) is 0 Å². The van der Waals surface area contributed by atoms with Gasteiger partial charge >= 0.3 is 0 Å². The molecule has 0 radical (unpaired) electrons. The van der Waals surface area contributed by atoms with Gasteiger partial charge in [0.15, 0.2) is 0 Å². The number of amides is 1. The van der Waals surface area contributed by atoms with E-state index in [-0.39, 0.29) is 11.8 Å². The van der Waals surface area contributed by atoms with Crippen molar-refractivity contribution >= 4 is 11.6 Å². The molecule has 0 bridgehead atoms. The van der Waals surface area contributed by atoms with Gasteiger partial charge in [-0.2, -0.15) is 0 Å². The average molecular weight is 282 g/mol. The first-order chi connectivity index (χ1) is 10.1. The van der Waals surface area contributed by atoms with Crippen LogP contribution in [0.2, 0.25) is 0 Å². The van der Waals surface area contributed by atoms with E-state index in [1.54, 1.807) is 0 Å². The van der Waals surface area contributed by atoms with Crippen LogP contribution in [0.4, 0.5) is 5.69 Å². The van der Waals surface area contributed by atoms with Crippen LogP contribution in [0.3, 0.4) is 0 Å². The molecule has 2 atom stereocenters. The number of hydrogen-bond donors (Lipinski definition) is 2. The summed E-state index contributed by atoms with van der Waals surface area (Å²) in [5.74, 6) is 0.0293. The molecular formula is C18H22N2O. The molecule has 0 saturated carbocycles. The van der Waals surface area contributed by atoms with Crippen molar-refractivity contribution in [2.45, 2.75) is 26.3 Å². The third-order valence-electron chi connectivity index (χ3n) is 3.83. The Morgan fingerprint density at radius 3 is 2.38 bits per heavy atom. The van der Waals surface area contributed by atoms with E-state index >= 15 is 0 Å². The quantitative estimate of drug-likeness (QED) is 0.879. The van der Waals surface area contributed by atoms with E-state index in [1.807, 2.05) is 68.4 Å². The molecule has 0 heterocycles. The zero-order chi connectivity index (χ0) is 15.2. The molecule has 0 spiro atoms. The molecule has 0 saturated heterocycles. The van der Waals surface area contributed by atoms with Gasteiger partial charge in [-0.15, -0.1) is 0 Å². The van der Waals surface area contributed by atoms with E-state index in [4.69, 9.17) is 5.73 Å². The average Bonchev–Trinajstić information content (AvgIpc) is 2.54. The molecule has 0 fully saturated rings. The maximum atomic E-state index is 12.3. The Balaban J connectivity index is 2.24. The molecule has 0 aliphatic rings. The monoisotopic (exact) mass is 282 g/mol. The van der Waals surface area contributed by atoms with Crippen LogP contribution in [0.5, 0.6) is 0 Å². The minimum absolute atomic E-state index is 0.132. The predicted molar refractivity (Wildman–Crippen MR) is 87.9 cm³/mol. The molecule has 1 amide bonds. The first kappa shape index (κ1) is 15.3. The summed E-state index contributed by atoms with van der Waals surface area (Å²) in [6.45, 7) is 4.03. The molecule has 3 nitrogen and oxygen atoms in total. The fourth-order valence-electron chi connectivity index (χ4n) is 2.19. The Labute approximate surface area is 126 Å². The Morgan fingerprint density at radius 1 is 1.10 bits per heavy atom. The van der Waals surface area contributed by atoms with Crippen molar-refractivity contribution in [1.29, 1.82) is 0 Å². The van der Waals surface area contributed by atoms with Crippen LogP contribution >= 0.6 is 0 Å². The maximum absolute atomic E-state index is 12.3. The third-order valence-corrected chi connectivity index (χ3v) is 3.83. The molecule has 1 unspecified atom stereocenters. The van der Waals surface area contributed by atoms with E-state index in [1.165, 1.54) is 0 Å². The minimum Gasteiger partial charge on any atom is -0.324 e. The van der Waals surface area contributed by atoms with Crippen LogP contribution < -0.4 is 11.1 Å². The zero-order valence-corrected chi connectivity index (χ0v) is 12.5. The van der Waals surface area contributed by atoms with Crippen LogP contribution in [0, 0.1) is 5.92 Å². The Kier molecular flexibility index (Phi) is 5.12. The molecule has 2 aromatic carbocycles. The van der Waals surface area contributed by atoms with E-state index in [0.29, 0.717) is 0 Å². The van der Waals surface area contributed by atoms with Gasteiger partial charge in [-0.25, -0.2) is 0 Å². The van der Waals surface area contributed by atoms with Crippen molar-refractivity contribution < 1.29 is 4.79 Å². The summed E-state index contributed by atoms with van der Waals surface area (Å²) in [5.41, 5.74) is 8.87. The maximum Gasteiger partial charge on any atom is 0.241 e.